The van der Waals surface area contributed by atoms with E-state index in [-0.39, 0.29) is 0 Å². The Kier molecular flexibility index (Phi) is 3.86. The molecule has 78 valence electrons. The third-order valence-corrected chi connectivity index (χ3v) is 2.22. The second-order valence-corrected chi connectivity index (χ2v) is 3.21. The molecule has 0 aromatic carbocycles. The van der Waals surface area contributed by atoms with Gasteiger partial charge in [0.15, 0.2) is 0 Å². The van der Waals surface area contributed by atoms with Crippen molar-refractivity contribution in [2.75, 3.05) is 11.9 Å². The monoisotopic (exact) mass is 193 g/mol. The van der Waals surface area contributed by atoms with Crippen LogP contribution in [0, 0.1) is 13.8 Å². The molecule has 0 saturated carbocycles. The highest BCUT2D eigenvalue weighted by molar-refractivity contribution is 5.48. The summed E-state index contributed by atoms with van der Waals surface area (Å²) < 4.78 is 0. The molecule has 1 aromatic rings. The molecular formula is C11H19N3. The highest BCUT2D eigenvalue weighted by Crippen LogP contribution is 2.21. The average molecular weight is 193 g/mol. The topological polar surface area (TPSA) is 37.8 Å². The fourth-order valence-corrected chi connectivity index (χ4v) is 1.65. The Hall–Kier alpha value is -1.12. The van der Waals surface area contributed by atoms with E-state index in [0.717, 1.165) is 30.3 Å². The molecule has 0 aliphatic carbocycles. The molecule has 1 N–H and O–H groups in total. The number of aryl methyl sites for hydroxylation is 2. The smallest absolute Gasteiger partial charge is 0.133 e. The minimum Gasteiger partial charge on any atom is -0.370 e. The lowest BCUT2D eigenvalue weighted by atomic mass is 10.1. The molecule has 2 rings (SSSR count). The molecule has 3 nitrogen and oxygen atoms in total. The predicted octanol–water partition coefficient (Wildman–Crippen LogP) is 2.48. The average Bonchev–Trinajstić information content (AvgIpc) is 2.20. The van der Waals surface area contributed by atoms with Gasteiger partial charge in [0.25, 0.3) is 0 Å². The Labute approximate surface area is 86.0 Å². The van der Waals surface area contributed by atoms with Gasteiger partial charge in [0.2, 0.25) is 0 Å². The molecular weight excluding hydrogens is 174 g/mol. The van der Waals surface area contributed by atoms with Gasteiger partial charge in [-0.05, 0) is 26.7 Å². The minimum absolute atomic E-state index is 0.862. The van der Waals surface area contributed by atoms with Crippen molar-refractivity contribution in [2.45, 2.75) is 40.5 Å². The summed E-state index contributed by atoms with van der Waals surface area (Å²) in [5.41, 5.74) is 2.43. The Morgan fingerprint density at radius 2 is 1.86 bits per heavy atom. The number of hydrogen-bond acceptors (Lipinski definition) is 3. The Morgan fingerprint density at radius 1 is 1.14 bits per heavy atom. The lowest BCUT2D eigenvalue weighted by molar-refractivity contribution is 0.790. The molecule has 1 aliphatic heterocycles. The van der Waals surface area contributed by atoms with Crippen LogP contribution in [-0.4, -0.2) is 16.5 Å². The fraction of sp³-hybridized carbons (Fsp3) is 0.636. The number of rotatable bonds is 0. The van der Waals surface area contributed by atoms with E-state index < -0.39 is 0 Å². The summed E-state index contributed by atoms with van der Waals surface area (Å²) in [6, 6.07) is 0. The molecule has 3 heteroatoms. The number of nitrogens with zero attached hydrogens (tertiary/aromatic N) is 2. The maximum absolute atomic E-state index is 4.35. The van der Waals surface area contributed by atoms with Crippen LogP contribution in [0.25, 0.3) is 0 Å². The molecule has 0 spiro atoms. The van der Waals surface area contributed by atoms with E-state index in [0.29, 0.717) is 0 Å². The van der Waals surface area contributed by atoms with Crippen molar-refractivity contribution in [3.8, 4) is 0 Å². The molecule has 2 heterocycles. The molecule has 0 unspecified atom stereocenters. The van der Waals surface area contributed by atoms with Gasteiger partial charge in [0, 0.05) is 17.8 Å². The number of aromatic nitrogens is 2. The van der Waals surface area contributed by atoms with Gasteiger partial charge in [0.05, 0.1) is 0 Å². The van der Waals surface area contributed by atoms with Gasteiger partial charge in [-0.1, -0.05) is 13.8 Å². The maximum atomic E-state index is 4.35. The van der Waals surface area contributed by atoms with E-state index in [1.54, 1.807) is 0 Å². The van der Waals surface area contributed by atoms with E-state index in [1.807, 2.05) is 20.8 Å². The van der Waals surface area contributed by atoms with Crippen LogP contribution in [0.15, 0.2) is 0 Å². The van der Waals surface area contributed by atoms with Gasteiger partial charge < -0.3 is 5.32 Å². The van der Waals surface area contributed by atoms with Crippen LogP contribution in [0.2, 0.25) is 0 Å². The second kappa shape index (κ2) is 4.94. The molecule has 1 aliphatic rings. The van der Waals surface area contributed by atoms with Crippen LogP contribution in [0.4, 0.5) is 5.82 Å². The Balaban J connectivity index is 0.000000461. The van der Waals surface area contributed by atoms with Crippen LogP contribution in [0.3, 0.4) is 0 Å². The lowest BCUT2D eigenvalue weighted by Crippen LogP contribution is -2.16. The van der Waals surface area contributed by atoms with Crippen molar-refractivity contribution in [3.63, 3.8) is 0 Å². The predicted molar refractivity (Wildman–Crippen MR) is 59.7 cm³/mol. The Morgan fingerprint density at radius 3 is 2.57 bits per heavy atom. The summed E-state index contributed by atoms with van der Waals surface area (Å²) in [5.74, 6) is 1.91. The summed E-state index contributed by atoms with van der Waals surface area (Å²) in [7, 11) is 0. The van der Waals surface area contributed by atoms with Crippen LogP contribution >= 0.6 is 0 Å². The zero-order chi connectivity index (χ0) is 10.6. The third-order valence-electron chi connectivity index (χ3n) is 2.22. The van der Waals surface area contributed by atoms with Gasteiger partial charge in [-0.25, -0.2) is 9.97 Å². The van der Waals surface area contributed by atoms with Gasteiger partial charge in [-0.2, -0.15) is 0 Å². The summed E-state index contributed by atoms with van der Waals surface area (Å²) in [5, 5.41) is 3.29. The summed E-state index contributed by atoms with van der Waals surface area (Å²) in [6.45, 7) is 9.03. The normalized spacial score (nSPS) is 13.4. The fourth-order valence-electron chi connectivity index (χ4n) is 1.65. The molecule has 0 atom stereocenters. The SMILES string of the molecule is CC.Cc1nc(C)c2c(n1)NCCC2. The van der Waals surface area contributed by atoms with Gasteiger partial charge in [-0.15, -0.1) is 0 Å². The lowest BCUT2D eigenvalue weighted by Gasteiger charge is -2.18. The van der Waals surface area contributed by atoms with E-state index in [4.69, 9.17) is 0 Å². The van der Waals surface area contributed by atoms with Crippen molar-refractivity contribution in [1.29, 1.82) is 0 Å². The molecule has 0 amide bonds. The zero-order valence-corrected chi connectivity index (χ0v) is 9.52. The third kappa shape index (κ3) is 2.22. The number of hydrogen-bond donors (Lipinski definition) is 1. The van der Waals surface area contributed by atoms with Crippen molar-refractivity contribution in [1.82, 2.24) is 9.97 Å². The van der Waals surface area contributed by atoms with Gasteiger partial charge in [0.1, 0.15) is 11.6 Å². The number of anilines is 1. The zero-order valence-electron chi connectivity index (χ0n) is 9.52. The first-order valence-corrected chi connectivity index (χ1v) is 5.35. The number of fused-ring (bicyclic) bond motifs is 1. The van der Waals surface area contributed by atoms with Crippen LogP contribution in [0.1, 0.15) is 37.4 Å². The molecule has 0 bridgehead atoms. The van der Waals surface area contributed by atoms with Crippen LogP contribution < -0.4 is 5.32 Å². The Bertz CT molecular complexity index is 308. The molecule has 14 heavy (non-hydrogen) atoms. The first kappa shape index (κ1) is 11.0. The highest BCUT2D eigenvalue weighted by atomic mass is 15.0. The minimum atomic E-state index is 0.862. The van der Waals surface area contributed by atoms with E-state index in [1.165, 1.54) is 12.0 Å². The standard InChI is InChI=1S/C9H13N3.C2H6/c1-6-8-4-3-5-10-9(8)12-7(2)11-6;1-2/h3-5H2,1-2H3,(H,10,11,12);1-2H3. The van der Waals surface area contributed by atoms with Gasteiger partial charge >= 0.3 is 0 Å². The first-order chi connectivity index (χ1) is 6.77. The van der Waals surface area contributed by atoms with Crippen molar-refractivity contribution in [3.05, 3.63) is 17.1 Å². The molecule has 1 aromatic heterocycles. The van der Waals surface area contributed by atoms with Crippen LogP contribution in [-0.2, 0) is 6.42 Å². The quantitative estimate of drug-likeness (QED) is 0.688. The highest BCUT2D eigenvalue weighted by Gasteiger charge is 2.13. The molecule has 0 radical (unpaired) electrons. The van der Waals surface area contributed by atoms with E-state index in [9.17, 15) is 0 Å². The largest absolute Gasteiger partial charge is 0.370 e. The van der Waals surface area contributed by atoms with Gasteiger partial charge in [-0.3, -0.25) is 0 Å². The molecule has 0 saturated heterocycles. The second-order valence-electron chi connectivity index (χ2n) is 3.21. The summed E-state index contributed by atoms with van der Waals surface area (Å²) in [4.78, 5) is 8.69. The van der Waals surface area contributed by atoms with Crippen molar-refractivity contribution >= 4 is 5.82 Å². The van der Waals surface area contributed by atoms with Crippen molar-refractivity contribution < 1.29 is 0 Å². The van der Waals surface area contributed by atoms with E-state index in [2.05, 4.69) is 22.2 Å². The number of nitrogens with one attached hydrogen (secondary N) is 1. The van der Waals surface area contributed by atoms with Crippen LogP contribution in [0.5, 0.6) is 0 Å². The maximum Gasteiger partial charge on any atom is 0.133 e. The first-order valence-electron chi connectivity index (χ1n) is 5.35. The summed E-state index contributed by atoms with van der Waals surface area (Å²) >= 11 is 0. The van der Waals surface area contributed by atoms with E-state index >= 15 is 0 Å². The van der Waals surface area contributed by atoms with Crippen molar-refractivity contribution in [2.24, 2.45) is 0 Å². The molecule has 0 fully saturated rings. The summed E-state index contributed by atoms with van der Waals surface area (Å²) in [6.07, 6.45) is 2.31.